The zero-order valence-corrected chi connectivity index (χ0v) is 20.3. The van der Waals surface area contributed by atoms with Crippen molar-refractivity contribution in [2.45, 2.75) is 58.9 Å². The first-order valence-electron chi connectivity index (χ1n) is 11.6. The number of esters is 1. The summed E-state index contributed by atoms with van der Waals surface area (Å²) in [5, 5.41) is 8.44. The summed E-state index contributed by atoms with van der Waals surface area (Å²) in [4.78, 5) is 38.5. The predicted octanol–water partition coefficient (Wildman–Crippen LogP) is 4.69. The van der Waals surface area contributed by atoms with Crippen LogP contribution in [-0.4, -0.2) is 31.1 Å². The normalized spacial score (nSPS) is 14.7. The van der Waals surface area contributed by atoms with E-state index in [1.165, 1.54) is 19.2 Å². The van der Waals surface area contributed by atoms with E-state index < -0.39 is 23.9 Å². The average molecular weight is 467 g/mol. The molecule has 1 saturated carbocycles. The average Bonchev–Trinajstić information content (AvgIpc) is 2.80. The zero-order chi connectivity index (χ0) is 24.8. The number of carbonyl (C=O) groups is 3. The van der Waals surface area contributed by atoms with E-state index in [2.05, 4.69) is 16.0 Å². The van der Waals surface area contributed by atoms with Crippen molar-refractivity contribution in [3.63, 3.8) is 0 Å². The second-order valence-corrected chi connectivity index (χ2v) is 9.03. The lowest BCUT2D eigenvalue weighted by molar-refractivity contribution is -0.144. The van der Waals surface area contributed by atoms with Crippen molar-refractivity contribution >= 4 is 35.0 Å². The van der Waals surface area contributed by atoms with Crippen LogP contribution >= 0.6 is 0 Å². The quantitative estimate of drug-likeness (QED) is 0.363. The highest BCUT2D eigenvalue weighted by Gasteiger charge is 2.32. The molecule has 1 aliphatic carbocycles. The van der Waals surface area contributed by atoms with Crippen LogP contribution in [0.25, 0.3) is 0 Å². The number of hydrogen-bond donors (Lipinski definition) is 4. The molecule has 0 saturated heterocycles. The number of amides is 3. The maximum atomic E-state index is 13.2. The van der Waals surface area contributed by atoms with Crippen molar-refractivity contribution in [1.82, 2.24) is 5.32 Å². The molecule has 8 heteroatoms. The summed E-state index contributed by atoms with van der Waals surface area (Å²) in [7, 11) is 1.32. The van der Waals surface area contributed by atoms with Gasteiger partial charge in [-0.3, -0.25) is 4.79 Å². The Morgan fingerprint density at radius 3 is 2.24 bits per heavy atom. The summed E-state index contributed by atoms with van der Waals surface area (Å²) < 4.78 is 4.96. The molecule has 34 heavy (non-hydrogen) atoms. The molecule has 1 fully saturated rings. The number of anilines is 3. The standard InChI is InChI=1S/C26H34N4O4/c1-15-12-16(2)22(17(3)13-15)30-26(33)28-21-14-19(27)10-11-20(21)24(31)29-23(25(32)34-4)18-8-6-5-7-9-18/h10-14,18,23H,5-9,27H2,1-4H3,(H,29,31)(H2,28,30,33)/t23-/m0/s1. The van der Waals surface area contributed by atoms with Crippen LogP contribution in [0.2, 0.25) is 0 Å². The number of hydrogen-bond acceptors (Lipinski definition) is 5. The first-order valence-corrected chi connectivity index (χ1v) is 11.6. The van der Waals surface area contributed by atoms with Gasteiger partial charge < -0.3 is 26.4 Å². The van der Waals surface area contributed by atoms with Gasteiger partial charge >= 0.3 is 12.0 Å². The van der Waals surface area contributed by atoms with Crippen LogP contribution in [0.4, 0.5) is 21.9 Å². The van der Waals surface area contributed by atoms with Gasteiger partial charge in [0.05, 0.1) is 18.4 Å². The minimum atomic E-state index is -0.741. The molecular formula is C26H34N4O4. The summed E-state index contributed by atoms with van der Waals surface area (Å²) in [6.45, 7) is 5.84. The number of nitrogens with two attached hydrogens (primary N) is 1. The maximum Gasteiger partial charge on any atom is 0.328 e. The highest BCUT2D eigenvalue weighted by Crippen LogP contribution is 2.28. The van der Waals surface area contributed by atoms with Crippen molar-refractivity contribution in [3.05, 3.63) is 52.6 Å². The fourth-order valence-corrected chi connectivity index (χ4v) is 4.69. The van der Waals surface area contributed by atoms with Crippen molar-refractivity contribution in [2.75, 3.05) is 23.5 Å². The highest BCUT2D eigenvalue weighted by atomic mass is 16.5. The Kier molecular flexibility index (Phi) is 8.15. The van der Waals surface area contributed by atoms with Gasteiger partial charge in [-0.05, 0) is 68.9 Å². The van der Waals surface area contributed by atoms with E-state index in [1.54, 1.807) is 6.07 Å². The number of carbonyl (C=O) groups excluding carboxylic acids is 3. The lowest BCUT2D eigenvalue weighted by Crippen LogP contribution is -2.47. The fourth-order valence-electron chi connectivity index (χ4n) is 4.69. The molecule has 2 aromatic rings. The van der Waals surface area contributed by atoms with Gasteiger partial charge in [0.15, 0.2) is 0 Å². The third-order valence-electron chi connectivity index (χ3n) is 6.31. The van der Waals surface area contributed by atoms with Crippen LogP contribution in [0.15, 0.2) is 30.3 Å². The summed E-state index contributed by atoms with van der Waals surface area (Å²) in [6.07, 6.45) is 4.86. The number of nitrogen functional groups attached to an aromatic ring is 1. The fraction of sp³-hybridized carbons (Fsp3) is 0.423. The Balaban J connectivity index is 1.80. The van der Waals surface area contributed by atoms with Crippen LogP contribution in [0.1, 0.15) is 59.2 Å². The van der Waals surface area contributed by atoms with Crippen LogP contribution < -0.4 is 21.7 Å². The van der Waals surface area contributed by atoms with Crippen molar-refractivity contribution < 1.29 is 19.1 Å². The van der Waals surface area contributed by atoms with Crippen LogP contribution in [0, 0.1) is 26.7 Å². The molecule has 182 valence electrons. The third kappa shape index (κ3) is 6.07. The number of urea groups is 1. The van der Waals surface area contributed by atoms with Crippen molar-refractivity contribution in [2.24, 2.45) is 5.92 Å². The highest BCUT2D eigenvalue weighted by molar-refractivity contribution is 6.08. The molecule has 0 bridgehead atoms. The molecule has 1 atom stereocenters. The van der Waals surface area contributed by atoms with Gasteiger partial charge in [0, 0.05) is 11.4 Å². The number of benzene rings is 2. The minimum absolute atomic E-state index is 0.0196. The molecule has 1 aliphatic rings. The third-order valence-corrected chi connectivity index (χ3v) is 6.31. The van der Waals surface area contributed by atoms with Gasteiger partial charge in [0.25, 0.3) is 5.91 Å². The smallest absolute Gasteiger partial charge is 0.328 e. The Labute approximate surface area is 200 Å². The summed E-state index contributed by atoms with van der Waals surface area (Å²) in [6, 6.07) is 7.39. The molecule has 3 amide bonds. The molecule has 0 aliphatic heterocycles. The number of rotatable bonds is 6. The Hall–Kier alpha value is -3.55. The van der Waals surface area contributed by atoms with E-state index in [9.17, 15) is 14.4 Å². The largest absolute Gasteiger partial charge is 0.467 e. The van der Waals surface area contributed by atoms with Crippen molar-refractivity contribution in [1.29, 1.82) is 0 Å². The van der Waals surface area contributed by atoms with E-state index >= 15 is 0 Å². The van der Waals surface area contributed by atoms with E-state index in [0.717, 1.165) is 48.8 Å². The predicted molar refractivity (Wildman–Crippen MR) is 134 cm³/mol. The first kappa shape index (κ1) is 25.1. The SMILES string of the molecule is COC(=O)[C@@H](NC(=O)c1ccc(N)cc1NC(=O)Nc1c(C)cc(C)cc1C)C1CCCCC1. The molecule has 3 rings (SSSR count). The number of nitrogens with one attached hydrogen (secondary N) is 3. The van der Waals surface area contributed by atoms with E-state index in [1.807, 2.05) is 32.9 Å². The maximum absolute atomic E-state index is 13.2. The number of aryl methyl sites for hydroxylation is 3. The lowest BCUT2D eigenvalue weighted by atomic mass is 9.83. The molecule has 8 nitrogen and oxygen atoms in total. The van der Waals surface area contributed by atoms with Gasteiger partial charge in [0.2, 0.25) is 0 Å². The summed E-state index contributed by atoms with van der Waals surface area (Å²) in [5.74, 6) is -0.918. The van der Waals surface area contributed by atoms with Crippen LogP contribution in [0.5, 0.6) is 0 Å². The number of ether oxygens (including phenoxy) is 1. The molecule has 0 unspecified atom stereocenters. The molecule has 5 N–H and O–H groups in total. The Morgan fingerprint density at radius 1 is 0.971 bits per heavy atom. The summed E-state index contributed by atoms with van der Waals surface area (Å²) in [5.41, 5.74) is 10.5. The lowest BCUT2D eigenvalue weighted by Gasteiger charge is -2.29. The molecule has 0 heterocycles. The van der Waals surface area contributed by atoms with E-state index in [-0.39, 0.29) is 17.2 Å². The minimum Gasteiger partial charge on any atom is -0.467 e. The topological polar surface area (TPSA) is 123 Å². The molecule has 0 aromatic heterocycles. The number of methoxy groups -OCH3 is 1. The van der Waals surface area contributed by atoms with Gasteiger partial charge in [-0.2, -0.15) is 0 Å². The summed E-state index contributed by atoms with van der Waals surface area (Å²) >= 11 is 0. The van der Waals surface area contributed by atoms with E-state index in [4.69, 9.17) is 10.5 Å². The van der Waals surface area contributed by atoms with Gasteiger partial charge in [-0.1, -0.05) is 37.0 Å². The van der Waals surface area contributed by atoms with Crippen molar-refractivity contribution in [3.8, 4) is 0 Å². The van der Waals surface area contributed by atoms with Gasteiger partial charge in [-0.15, -0.1) is 0 Å². The monoisotopic (exact) mass is 466 g/mol. The molecule has 0 radical (unpaired) electrons. The molecule has 0 spiro atoms. The Morgan fingerprint density at radius 2 is 1.62 bits per heavy atom. The second kappa shape index (κ2) is 11.0. The van der Waals surface area contributed by atoms with Gasteiger partial charge in [-0.25, -0.2) is 9.59 Å². The Bertz CT molecular complexity index is 1050. The first-order chi connectivity index (χ1) is 16.2. The molecule has 2 aromatic carbocycles. The zero-order valence-electron chi connectivity index (χ0n) is 20.3. The molecular weight excluding hydrogens is 432 g/mol. The second-order valence-electron chi connectivity index (χ2n) is 9.03. The van der Waals surface area contributed by atoms with Crippen LogP contribution in [-0.2, 0) is 9.53 Å². The van der Waals surface area contributed by atoms with Crippen LogP contribution in [0.3, 0.4) is 0 Å². The van der Waals surface area contributed by atoms with E-state index in [0.29, 0.717) is 11.4 Å². The van der Waals surface area contributed by atoms with Gasteiger partial charge in [0.1, 0.15) is 6.04 Å².